The van der Waals surface area contributed by atoms with Gasteiger partial charge in [0.05, 0.1) is 13.7 Å². The molecule has 0 aliphatic heterocycles. The van der Waals surface area contributed by atoms with Crippen LogP contribution in [0.5, 0.6) is 5.88 Å². The van der Waals surface area contributed by atoms with E-state index in [9.17, 15) is 0 Å². The molecular weight excluding hydrogens is 288 g/mol. The van der Waals surface area contributed by atoms with Crippen LogP contribution in [-0.4, -0.2) is 36.5 Å². The highest BCUT2D eigenvalue weighted by Gasteiger charge is 2.06. The van der Waals surface area contributed by atoms with Gasteiger partial charge in [-0.1, -0.05) is 36.4 Å². The first-order valence-corrected chi connectivity index (χ1v) is 7.75. The van der Waals surface area contributed by atoms with E-state index in [0.717, 1.165) is 24.6 Å². The maximum Gasteiger partial charge on any atom is 0.212 e. The van der Waals surface area contributed by atoms with Crippen LogP contribution in [0.4, 0.5) is 0 Å². The molecule has 2 aromatic rings. The van der Waals surface area contributed by atoms with Crippen LogP contribution >= 0.6 is 0 Å². The Balaban J connectivity index is 2.03. The number of guanidine groups is 1. The summed E-state index contributed by atoms with van der Waals surface area (Å²) in [6.07, 6.45) is 1.79. The number of nitrogens with zero attached hydrogens (tertiary/aromatic N) is 3. The highest BCUT2D eigenvalue weighted by atomic mass is 16.5. The number of nitrogens with one attached hydrogen (secondary N) is 1. The van der Waals surface area contributed by atoms with Gasteiger partial charge in [-0.15, -0.1) is 0 Å². The van der Waals surface area contributed by atoms with Gasteiger partial charge in [-0.05, 0) is 18.1 Å². The van der Waals surface area contributed by atoms with Crippen LogP contribution in [0.2, 0.25) is 0 Å². The number of hydrogen-bond donors (Lipinski definition) is 1. The van der Waals surface area contributed by atoms with Crippen molar-refractivity contribution < 1.29 is 4.74 Å². The molecule has 122 valence electrons. The maximum atomic E-state index is 5.07. The molecule has 0 fully saturated rings. The summed E-state index contributed by atoms with van der Waals surface area (Å²) in [5.74, 6) is 1.50. The molecule has 2 rings (SSSR count). The lowest BCUT2D eigenvalue weighted by Gasteiger charge is -2.22. The van der Waals surface area contributed by atoms with E-state index >= 15 is 0 Å². The molecule has 1 aromatic heterocycles. The van der Waals surface area contributed by atoms with Crippen molar-refractivity contribution >= 4 is 5.96 Å². The molecule has 0 bridgehead atoms. The van der Waals surface area contributed by atoms with Gasteiger partial charge in [-0.3, -0.25) is 0 Å². The van der Waals surface area contributed by atoms with Gasteiger partial charge in [0.25, 0.3) is 0 Å². The van der Waals surface area contributed by atoms with Crippen LogP contribution in [0.15, 0.2) is 53.7 Å². The summed E-state index contributed by atoms with van der Waals surface area (Å²) in [5.41, 5.74) is 2.31. The quantitative estimate of drug-likeness (QED) is 0.658. The van der Waals surface area contributed by atoms with Crippen molar-refractivity contribution in [2.75, 3.05) is 20.7 Å². The largest absolute Gasteiger partial charge is 0.481 e. The fourth-order valence-electron chi connectivity index (χ4n) is 2.19. The fourth-order valence-corrected chi connectivity index (χ4v) is 2.19. The second kappa shape index (κ2) is 8.78. The van der Waals surface area contributed by atoms with E-state index in [-0.39, 0.29) is 0 Å². The van der Waals surface area contributed by atoms with Crippen LogP contribution in [0.1, 0.15) is 18.1 Å². The van der Waals surface area contributed by atoms with Crippen molar-refractivity contribution in [3.05, 3.63) is 59.8 Å². The lowest BCUT2D eigenvalue weighted by Crippen LogP contribution is -2.38. The minimum Gasteiger partial charge on any atom is -0.481 e. The van der Waals surface area contributed by atoms with Gasteiger partial charge in [0.2, 0.25) is 5.88 Å². The summed E-state index contributed by atoms with van der Waals surface area (Å²) in [6, 6.07) is 14.2. The molecule has 0 amide bonds. The Morgan fingerprint density at radius 2 is 1.96 bits per heavy atom. The zero-order chi connectivity index (χ0) is 16.5. The molecule has 0 saturated carbocycles. The number of pyridine rings is 1. The fraction of sp³-hybridized carbons (Fsp3) is 0.333. The monoisotopic (exact) mass is 312 g/mol. The lowest BCUT2D eigenvalue weighted by molar-refractivity contribution is 0.397. The van der Waals surface area contributed by atoms with Crippen molar-refractivity contribution in [1.29, 1.82) is 0 Å². The zero-order valence-corrected chi connectivity index (χ0v) is 14.0. The molecule has 0 aliphatic carbocycles. The van der Waals surface area contributed by atoms with Crippen molar-refractivity contribution in [1.82, 2.24) is 15.2 Å². The molecular formula is C18H24N4O. The van der Waals surface area contributed by atoms with Crippen molar-refractivity contribution in [2.24, 2.45) is 4.99 Å². The minimum atomic E-state index is 0.582. The Labute approximate surface area is 138 Å². The molecule has 0 atom stereocenters. The van der Waals surface area contributed by atoms with Gasteiger partial charge >= 0.3 is 0 Å². The van der Waals surface area contributed by atoms with E-state index in [2.05, 4.69) is 51.4 Å². The van der Waals surface area contributed by atoms with Crippen LogP contribution < -0.4 is 10.1 Å². The third kappa shape index (κ3) is 5.29. The summed E-state index contributed by atoms with van der Waals surface area (Å²) >= 11 is 0. The number of benzene rings is 1. The van der Waals surface area contributed by atoms with Crippen LogP contribution in [0, 0.1) is 0 Å². The van der Waals surface area contributed by atoms with Gasteiger partial charge in [0, 0.05) is 32.4 Å². The van der Waals surface area contributed by atoms with Crippen molar-refractivity contribution in [2.45, 2.75) is 20.0 Å². The molecule has 0 radical (unpaired) electrons. The SMILES string of the molecule is CCNC(=NCc1ccc(OC)nc1)N(C)Cc1ccccc1. The van der Waals surface area contributed by atoms with Crippen LogP contribution in [0.3, 0.4) is 0 Å². The number of rotatable bonds is 6. The molecule has 0 saturated heterocycles. The molecule has 1 heterocycles. The third-order valence-electron chi connectivity index (χ3n) is 3.38. The van der Waals surface area contributed by atoms with Gasteiger partial charge in [-0.25, -0.2) is 9.98 Å². The summed E-state index contributed by atoms with van der Waals surface area (Å²) in [6.45, 7) is 4.30. The Kier molecular flexibility index (Phi) is 6.41. The molecule has 0 unspecified atom stereocenters. The number of aliphatic imine (C=N–C) groups is 1. The second-order valence-corrected chi connectivity index (χ2v) is 5.22. The molecule has 1 aromatic carbocycles. The maximum absolute atomic E-state index is 5.07. The average molecular weight is 312 g/mol. The number of hydrogen-bond acceptors (Lipinski definition) is 3. The summed E-state index contributed by atoms with van der Waals surface area (Å²) in [5, 5.41) is 3.33. The highest BCUT2D eigenvalue weighted by molar-refractivity contribution is 5.79. The van der Waals surface area contributed by atoms with E-state index < -0.39 is 0 Å². The number of methoxy groups -OCH3 is 1. The molecule has 1 N–H and O–H groups in total. The van der Waals surface area contributed by atoms with Crippen molar-refractivity contribution in [3.63, 3.8) is 0 Å². The smallest absolute Gasteiger partial charge is 0.212 e. The van der Waals surface area contributed by atoms with Gasteiger partial charge in [0.15, 0.2) is 5.96 Å². The summed E-state index contributed by atoms with van der Waals surface area (Å²) in [4.78, 5) is 11.0. The first-order chi connectivity index (χ1) is 11.2. The number of ether oxygens (including phenoxy) is 1. The first-order valence-electron chi connectivity index (χ1n) is 7.75. The average Bonchev–Trinajstić information content (AvgIpc) is 2.60. The predicted molar refractivity (Wildman–Crippen MR) is 93.5 cm³/mol. The standard InChI is InChI=1S/C18H24N4O/c1-4-19-18(22(2)14-15-8-6-5-7-9-15)21-13-16-10-11-17(23-3)20-12-16/h5-12H,4,13-14H2,1-3H3,(H,19,21). The van der Waals surface area contributed by atoms with Gasteiger partial charge in [0.1, 0.15) is 0 Å². The highest BCUT2D eigenvalue weighted by Crippen LogP contribution is 2.08. The van der Waals surface area contributed by atoms with Gasteiger partial charge < -0.3 is 15.0 Å². The summed E-state index contributed by atoms with van der Waals surface area (Å²) in [7, 11) is 3.66. The van der Waals surface area contributed by atoms with E-state index in [4.69, 9.17) is 4.74 Å². The zero-order valence-electron chi connectivity index (χ0n) is 14.0. The molecule has 0 aliphatic rings. The Hall–Kier alpha value is -2.56. The molecule has 0 spiro atoms. The summed E-state index contributed by atoms with van der Waals surface area (Å²) < 4.78 is 5.07. The van der Waals surface area contributed by atoms with Crippen molar-refractivity contribution in [3.8, 4) is 5.88 Å². The van der Waals surface area contributed by atoms with Crippen LogP contribution in [-0.2, 0) is 13.1 Å². The molecule has 5 nitrogen and oxygen atoms in total. The third-order valence-corrected chi connectivity index (χ3v) is 3.38. The van der Waals surface area contributed by atoms with Crippen LogP contribution in [0.25, 0.3) is 0 Å². The van der Waals surface area contributed by atoms with E-state index in [1.807, 2.05) is 25.2 Å². The normalized spacial score (nSPS) is 11.2. The van der Waals surface area contributed by atoms with Gasteiger partial charge in [-0.2, -0.15) is 0 Å². The topological polar surface area (TPSA) is 49.8 Å². The van der Waals surface area contributed by atoms with E-state index in [0.29, 0.717) is 12.4 Å². The van der Waals surface area contributed by atoms with E-state index in [1.165, 1.54) is 5.56 Å². The minimum absolute atomic E-state index is 0.582. The Morgan fingerprint density at radius 1 is 1.17 bits per heavy atom. The van der Waals surface area contributed by atoms with E-state index in [1.54, 1.807) is 13.3 Å². The molecule has 23 heavy (non-hydrogen) atoms. The Bertz CT molecular complexity index is 611. The number of aromatic nitrogens is 1. The Morgan fingerprint density at radius 3 is 2.57 bits per heavy atom. The first kappa shape index (κ1) is 16.8. The molecule has 5 heteroatoms. The second-order valence-electron chi connectivity index (χ2n) is 5.22. The lowest BCUT2D eigenvalue weighted by atomic mass is 10.2. The predicted octanol–water partition coefficient (Wildman–Crippen LogP) is 2.69.